The first kappa shape index (κ1) is 18.3. The SMILES string of the molecule is CN1CCCN(c2ccc(CNC(=O)NCC(F)(F)F)cn2)CC1. The van der Waals surface area contributed by atoms with Gasteiger partial charge < -0.3 is 20.4 Å². The fourth-order valence-electron chi connectivity index (χ4n) is 2.41. The maximum atomic E-state index is 12.0. The number of aromatic nitrogens is 1. The van der Waals surface area contributed by atoms with E-state index >= 15 is 0 Å². The van der Waals surface area contributed by atoms with E-state index in [0.717, 1.165) is 44.0 Å². The highest BCUT2D eigenvalue weighted by Crippen LogP contribution is 2.14. The molecule has 1 saturated heterocycles. The van der Waals surface area contributed by atoms with Gasteiger partial charge in [0.05, 0.1) is 0 Å². The van der Waals surface area contributed by atoms with Crippen LogP contribution in [0.5, 0.6) is 0 Å². The summed E-state index contributed by atoms with van der Waals surface area (Å²) in [5, 5.41) is 4.13. The van der Waals surface area contributed by atoms with E-state index in [9.17, 15) is 18.0 Å². The summed E-state index contributed by atoms with van der Waals surface area (Å²) >= 11 is 0. The molecule has 0 atom stereocenters. The zero-order valence-electron chi connectivity index (χ0n) is 13.6. The molecule has 9 heteroatoms. The predicted molar refractivity (Wildman–Crippen MR) is 84.9 cm³/mol. The number of pyridine rings is 1. The van der Waals surface area contributed by atoms with Gasteiger partial charge in [0, 0.05) is 32.4 Å². The van der Waals surface area contributed by atoms with Gasteiger partial charge in [-0.3, -0.25) is 0 Å². The molecule has 0 aromatic carbocycles. The third-order valence-electron chi connectivity index (χ3n) is 3.76. The molecule has 0 saturated carbocycles. The second-order valence-electron chi connectivity index (χ2n) is 5.82. The normalized spacial score (nSPS) is 16.6. The molecule has 0 bridgehead atoms. The minimum absolute atomic E-state index is 0.125. The first-order valence-corrected chi connectivity index (χ1v) is 7.80. The number of carbonyl (C=O) groups is 1. The van der Waals surface area contributed by atoms with E-state index < -0.39 is 18.8 Å². The standard InChI is InChI=1S/C15H22F3N5O/c1-22-5-2-6-23(8-7-22)13-4-3-12(9-19-13)10-20-14(24)21-11-15(16,17)18/h3-4,9H,2,5-8,10-11H2,1H3,(H2,20,21,24). The van der Waals surface area contributed by atoms with Crippen molar-refractivity contribution >= 4 is 11.8 Å². The van der Waals surface area contributed by atoms with Gasteiger partial charge in [-0.1, -0.05) is 6.07 Å². The lowest BCUT2D eigenvalue weighted by molar-refractivity contribution is -0.122. The Morgan fingerprint density at radius 3 is 2.67 bits per heavy atom. The fourth-order valence-corrected chi connectivity index (χ4v) is 2.41. The van der Waals surface area contributed by atoms with Crippen LogP contribution in [0.15, 0.2) is 18.3 Å². The van der Waals surface area contributed by atoms with Crippen LogP contribution in [0.25, 0.3) is 0 Å². The van der Waals surface area contributed by atoms with Gasteiger partial charge in [0.1, 0.15) is 12.4 Å². The van der Waals surface area contributed by atoms with Crippen LogP contribution in [0.1, 0.15) is 12.0 Å². The molecule has 1 aromatic rings. The Hall–Kier alpha value is -2.03. The van der Waals surface area contributed by atoms with Gasteiger partial charge in [0.2, 0.25) is 0 Å². The van der Waals surface area contributed by atoms with E-state index in [1.54, 1.807) is 11.5 Å². The summed E-state index contributed by atoms with van der Waals surface area (Å²) in [6.07, 6.45) is -1.71. The molecule has 0 radical (unpaired) electrons. The molecule has 0 spiro atoms. The van der Waals surface area contributed by atoms with Gasteiger partial charge in [-0.2, -0.15) is 13.2 Å². The molecule has 0 unspecified atom stereocenters. The summed E-state index contributed by atoms with van der Waals surface area (Å²) in [6, 6.07) is 2.84. The van der Waals surface area contributed by atoms with Crippen molar-refractivity contribution in [1.82, 2.24) is 20.5 Å². The van der Waals surface area contributed by atoms with Crippen molar-refractivity contribution in [1.29, 1.82) is 0 Å². The molecular formula is C15H22F3N5O. The van der Waals surface area contributed by atoms with Crippen molar-refractivity contribution in [3.8, 4) is 0 Å². The maximum Gasteiger partial charge on any atom is 0.405 e. The lowest BCUT2D eigenvalue weighted by atomic mass is 10.2. The monoisotopic (exact) mass is 345 g/mol. The van der Waals surface area contributed by atoms with Crippen LogP contribution < -0.4 is 15.5 Å². The highest BCUT2D eigenvalue weighted by Gasteiger charge is 2.27. The van der Waals surface area contributed by atoms with Crippen LogP contribution in [-0.2, 0) is 6.54 Å². The minimum atomic E-state index is -4.41. The van der Waals surface area contributed by atoms with Crippen LogP contribution in [0.4, 0.5) is 23.8 Å². The van der Waals surface area contributed by atoms with Gasteiger partial charge in [-0.25, -0.2) is 9.78 Å². The molecule has 2 amide bonds. The molecule has 1 aliphatic heterocycles. The largest absolute Gasteiger partial charge is 0.405 e. The van der Waals surface area contributed by atoms with E-state index in [1.807, 2.05) is 12.1 Å². The van der Waals surface area contributed by atoms with Crippen LogP contribution >= 0.6 is 0 Å². The number of halogens is 3. The molecule has 134 valence electrons. The van der Waals surface area contributed by atoms with Gasteiger partial charge >= 0.3 is 12.2 Å². The number of nitrogens with zero attached hydrogens (tertiary/aromatic N) is 3. The minimum Gasteiger partial charge on any atom is -0.355 e. The van der Waals surface area contributed by atoms with E-state index in [2.05, 4.69) is 27.1 Å². The van der Waals surface area contributed by atoms with Gasteiger partial charge in [0.15, 0.2) is 0 Å². The van der Waals surface area contributed by atoms with Crippen molar-refractivity contribution in [3.63, 3.8) is 0 Å². The number of rotatable bonds is 4. The molecule has 1 aliphatic rings. The third kappa shape index (κ3) is 6.23. The highest BCUT2D eigenvalue weighted by molar-refractivity contribution is 5.73. The predicted octanol–water partition coefficient (Wildman–Crippen LogP) is 1.58. The number of amides is 2. The Labute approximate surface area is 139 Å². The van der Waals surface area contributed by atoms with Gasteiger partial charge in [-0.15, -0.1) is 0 Å². The van der Waals surface area contributed by atoms with Gasteiger partial charge in [-0.05, 0) is 31.6 Å². The maximum absolute atomic E-state index is 12.0. The Balaban J connectivity index is 1.80. The van der Waals surface area contributed by atoms with Crippen molar-refractivity contribution < 1.29 is 18.0 Å². The second-order valence-corrected chi connectivity index (χ2v) is 5.82. The summed E-state index contributed by atoms with van der Waals surface area (Å²) in [4.78, 5) is 20.2. The molecule has 1 fully saturated rings. The fraction of sp³-hybridized carbons (Fsp3) is 0.600. The van der Waals surface area contributed by atoms with Gasteiger partial charge in [0.25, 0.3) is 0 Å². The first-order valence-electron chi connectivity index (χ1n) is 7.80. The van der Waals surface area contributed by atoms with Crippen molar-refractivity contribution in [2.24, 2.45) is 0 Å². The molecule has 24 heavy (non-hydrogen) atoms. The van der Waals surface area contributed by atoms with E-state index in [4.69, 9.17) is 0 Å². The summed E-state index contributed by atoms with van der Waals surface area (Å²) < 4.78 is 36.0. The smallest absolute Gasteiger partial charge is 0.355 e. The first-order chi connectivity index (χ1) is 11.3. The van der Waals surface area contributed by atoms with Crippen molar-refractivity contribution in [2.45, 2.75) is 19.1 Å². The topological polar surface area (TPSA) is 60.5 Å². The molecule has 6 nitrogen and oxygen atoms in total. The number of likely N-dealkylation sites (N-methyl/N-ethyl adjacent to an activating group) is 1. The number of hydrogen-bond acceptors (Lipinski definition) is 4. The van der Waals surface area contributed by atoms with Crippen LogP contribution in [0.3, 0.4) is 0 Å². The summed E-state index contributed by atoms with van der Waals surface area (Å²) in [6.45, 7) is 2.66. The third-order valence-corrected chi connectivity index (χ3v) is 3.76. The second kappa shape index (κ2) is 8.18. The highest BCUT2D eigenvalue weighted by atomic mass is 19.4. The summed E-state index contributed by atoms with van der Waals surface area (Å²) in [5.74, 6) is 0.871. The van der Waals surface area contributed by atoms with Crippen molar-refractivity contribution in [3.05, 3.63) is 23.9 Å². The Morgan fingerprint density at radius 2 is 2.00 bits per heavy atom. The summed E-state index contributed by atoms with van der Waals surface area (Å²) in [7, 11) is 2.09. The molecule has 2 heterocycles. The zero-order chi connectivity index (χ0) is 17.6. The lowest BCUT2D eigenvalue weighted by Gasteiger charge is -2.21. The zero-order valence-corrected chi connectivity index (χ0v) is 13.6. The Kier molecular flexibility index (Phi) is 6.24. The molecule has 2 rings (SSSR count). The van der Waals surface area contributed by atoms with Crippen molar-refractivity contribution in [2.75, 3.05) is 44.7 Å². The molecule has 1 aromatic heterocycles. The quantitative estimate of drug-likeness (QED) is 0.870. The number of hydrogen-bond donors (Lipinski definition) is 2. The number of carbonyl (C=O) groups excluding carboxylic acids is 1. The average Bonchev–Trinajstić information content (AvgIpc) is 2.75. The van der Waals surface area contributed by atoms with Crippen LogP contribution in [-0.4, -0.2) is 61.9 Å². The van der Waals surface area contributed by atoms with Crippen LogP contribution in [0.2, 0.25) is 0 Å². The number of alkyl halides is 3. The van der Waals surface area contributed by atoms with E-state index in [1.165, 1.54) is 0 Å². The van der Waals surface area contributed by atoms with E-state index in [-0.39, 0.29) is 6.54 Å². The summed E-state index contributed by atoms with van der Waals surface area (Å²) in [5.41, 5.74) is 0.729. The van der Waals surface area contributed by atoms with Crippen LogP contribution in [0, 0.1) is 0 Å². The number of anilines is 1. The molecular weight excluding hydrogens is 323 g/mol. The average molecular weight is 345 g/mol. The molecule has 2 N–H and O–H groups in total. The lowest BCUT2D eigenvalue weighted by Crippen LogP contribution is -2.40. The number of nitrogens with one attached hydrogen (secondary N) is 2. The number of urea groups is 1. The Bertz CT molecular complexity index is 535. The molecule has 0 aliphatic carbocycles. The Morgan fingerprint density at radius 1 is 1.21 bits per heavy atom. The van der Waals surface area contributed by atoms with E-state index in [0.29, 0.717) is 0 Å².